The number of ether oxygens (including phenoxy) is 9. The maximum atomic E-state index is 14.3. The van der Waals surface area contributed by atoms with Crippen molar-refractivity contribution in [2.24, 2.45) is 0 Å². The Hall–Kier alpha value is -11.8. The fraction of sp³-hybridized carbons (Fsp3) is 0.339. The van der Waals surface area contributed by atoms with E-state index >= 15 is 0 Å². The van der Waals surface area contributed by atoms with Crippen LogP contribution in [0.5, 0.6) is 17.2 Å². The van der Waals surface area contributed by atoms with Gasteiger partial charge in [0.05, 0.1) is 132 Å². The molecule has 26 nitrogen and oxygen atoms in total. The van der Waals surface area contributed by atoms with Gasteiger partial charge in [0.15, 0.2) is 11.3 Å². The molecule has 714 valence electrons. The van der Waals surface area contributed by atoms with Crippen molar-refractivity contribution in [3.63, 3.8) is 0 Å². The van der Waals surface area contributed by atoms with E-state index < -0.39 is 20.0 Å². The molecular weight excluding hydrogens is 1910 g/mol. The number of nitriles is 3. The minimum Gasteiger partial charge on any atom is -0.489 e. The number of allylic oxidation sites excluding steroid dienone is 1. The molecule has 21 rings (SSSR count). The Labute approximate surface area is 826 Å². The first-order chi connectivity index (χ1) is 67.6. The average Bonchev–Trinajstić information content (AvgIpc) is 1.58. The normalized spacial score (nSPS) is 17.7. The zero-order valence-corrected chi connectivity index (χ0v) is 82.2. The van der Waals surface area contributed by atoms with Crippen molar-refractivity contribution in [3.8, 4) is 80.1 Å². The predicted octanol–water partition coefficient (Wildman–Crippen LogP) is 17.8. The van der Waals surface area contributed by atoms with Gasteiger partial charge in [-0.2, -0.15) is 15.8 Å². The number of benzene rings is 8. The third kappa shape index (κ3) is 22.8. The molecule has 0 bridgehead atoms. The van der Waals surface area contributed by atoms with Gasteiger partial charge in [0, 0.05) is 139 Å². The van der Waals surface area contributed by atoms with Gasteiger partial charge in [-0.15, -0.1) is 0 Å². The van der Waals surface area contributed by atoms with E-state index in [1.807, 2.05) is 108 Å². The monoisotopic (exact) mass is 2020 g/mol. The molecule has 0 spiro atoms. The van der Waals surface area contributed by atoms with Crippen molar-refractivity contribution >= 4 is 88.9 Å². The van der Waals surface area contributed by atoms with Crippen molar-refractivity contribution in [1.82, 2.24) is 37.6 Å². The van der Waals surface area contributed by atoms with E-state index in [4.69, 9.17) is 51.9 Å². The van der Waals surface area contributed by atoms with E-state index in [1.165, 1.54) is 30.2 Å². The first-order valence-electron chi connectivity index (χ1n) is 47.5. The molecule has 0 amide bonds. The first-order valence-corrected chi connectivity index (χ1v) is 51.5. The summed E-state index contributed by atoms with van der Waals surface area (Å²) < 4.78 is 122. The molecule has 0 radical (unpaired) electrons. The number of halogens is 1. The quantitative estimate of drug-likeness (QED) is 0.0450. The van der Waals surface area contributed by atoms with Crippen LogP contribution in [0, 0.1) is 37.7 Å². The molecule has 13 aromatic rings. The number of fused-ring (bicyclic) bond motifs is 3. The van der Waals surface area contributed by atoms with E-state index in [-0.39, 0.29) is 46.4 Å². The molecule has 30 heteroatoms. The van der Waals surface area contributed by atoms with Crippen molar-refractivity contribution in [2.45, 2.75) is 132 Å². The molecule has 12 heterocycles. The van der Waals surface area contributed by atoms with E-state index in [1.54, 1.807) is 97.3 Å². The summed E-state index contributed by atoms with van der Waals surface area (Å²) in [5.74, 6) is 1.73. The van der Waals surface area contributed by atoms with Crippen LogP contribution in [0.25, 0.3) is 78.4 Å². The van der Waals surface area contributed by atoms with E-state index in [2.05, 4.69) is 136 Å². The van der Waals surface area contributed by atoms with Crippen molar-refractivity contribution in [3.05, 3.63) is 291 Å². The van der Waals surface area contributed by atoms with E-state index in [0.29, 0.717) is 105 Å². The highest BCUT2D eigenvalue weighted by atomic mass is 127. The second-order valence-corrected chi connectivity index (χ2v) is 41.2. The van der Waals surface area contributed by atoms with Crippen molar-refractivity contribution < 1.29 is 68.8 Å². The fourth-order valence-electron chi connectivity index (χ4n) is 18.4. The van der Waals surface area contributed by atoms with Gasteiger partial charge in [0.2, 0.25) is 0 Å². The van der Waals surface area contributed by atoms with Crippen molar-refractivity contribution in [2.75, 3.05) is 119 Å². The van der Waals surface area contributed by atoms with Gasteiger partial charge in [-0.1, -0.05) is 127 Å². The molecule has 5 aromatic heterocycles. The van der Waals surface area contributed by atoms with Gasteiger partial charge in [0.1, 0.15) is 53.8 Å². The lowest BCUT2D eigenvalue weighted by Gasteiger charge is -2.32. The zero-order chi connectivity index (χ0) is 96.0. The molecule has 7 aliphatic heterocycles. The smallest absolute Gasteiger partial charge is 0.489 e. The minimum absolute atomic E-state index is 0.000580. The molecule has 7 saturated heterocycles. The topological polar surface area (TPSA) is 299 Å². The van der Waals surface area contributed by atoms with Crippen LogP contribution in [0.4, 0.5) is 0 Å². The van der Waals surface area contributed by atoms with E-state index in [0.717, 1.165) is 205 Å². The molecular formula is C109H111BIN11O15S2. The highest BCUT2D eigenvalue weighted by Crippen LogP contribution is 2.44. The predicted molar refractivity (Wildman–Crippen MR) is 542 cm³/mol. The summed E-state index contributed by atoms with van der Waals surface area (Å²) in [7, 11) is -8.12. The molecule has 8 aliphatic rings. The summed E-state index contributed by atoms with van der Waals surface area (Å²) in [5.41, 5.74) is 17.6. The molecule has 0 unspecified atom stereocenters. The second-order valence-electron chi connectivity index (χ2n) is 36.6. The lowest BCUT2D eigenvalue weighted by Crippen LogP contribution is -2.41. The number of rotatable bonds is 22. The lowest BCUT2D eigenvalue weighted by molar-refractivity contribution is 0.00578. The fourth-order valence-corrected chi connectivity index (χ4v) is 22.5. The number of aromatic nitrogens is 5. The Morgan fingerprint density at radius 2 is 0.755 bits per heavy atom. The van der Waals surface area contributed by atoms with Gasteiger partial charge in [-0.3, -0.25) is 19.7 Å². The van der Waals surface area contributed by atoms with Crippen LogP contribution in [0.1, 0.15) is 116 Å². The Kier molecular flexibility index (Phi) is 31.1. The van der Waals surface area contributed by atoms with Gasteiger partial charge in [-0.25, -0.2) is 34.7 Å². The summed E-state index contributed by atoms with van der Waals surface area (Å²) in [6.07, 6.45) is 13.1. The third-order valence-electron chi connectivity index (χ3n) is 26.8. The number of hydrogen-bond donors (Lipinski definition) is 0. The number of pyridine rings is 3. The van der Waals surface area contributed by atoms with Crippen LogP contribution < -0.4 is 19.7 Å². The maximum absolute atomic E-state index is 14.3. The van der Waals surface area contributed by atoms with Crippen LogP contribution in [-0.4, -0.2) is 210 Å². The third-order valence-corrected chi connectivity index (χ3v) is 31.4. The van der Waals surface area contributed by atoms with Crippen LogP contribution in [0.15, 0.2) is 247 Å². The lowest BCUT2D eigenvalue weighted by atomic mass is 9.79. The Morgan fingerprint density at radius 1 is 0.403 bits per heavy atom. The summed E-state index contributed by atoms with van der Waals surface area (Å²) in [6.45, 7) is 25.6. The first kappa shape index (κ1) is 97.4. The minimum atomic E-state index is -4.02. The van der Waals surface area contributed by atoms with Gasteiger partial charge in [0.25, 0.3) is 20.0 Å². The molecule has 7 fully saturated rings. The van der Waals surface area contributed by atoms with Crippen molar-refractivity contribution in [1.29, 1.82) is 15.8 Å². The zero-order valence-electron chi connectivity index (χ0n) is 78.4. The highest BCUT2D eigenvalue weighted by molar-refractivity contribution is 14.1. The molecule has 0 saturated carbocycles. The van der Waals surface area contributed by atoms with E-state index in [9.17, 15) is 32.6 Å². The molecule has 1 aliphatic carbocycles. The largest absolute Gasteiger partial charge is 0.494 e. The number of morpholine rings is 3. The number of hydrogen-bond acceptors (Lipinski definition) is 24. The summed E-state index contributed by atoms with van der Waals surface area (Å²) >= 11 is 2.01. The summed E-state index contributed by atoms with van der Waals surface area (Å²) in [5, 5.41) is 31.0. The molecule has 0 atom stereocenters. The SMILES string of the molecule is CC1(C)OB(c2ccc(CN3CCOCC3)cc2)OC1(C)C.N#Cc1cc(-c2ccnc3c2C=C(c2ccc(CN4CCOCC4)cc2)C3)ccc1OC1CCOCC1.N#Cc1cc(-c2ccnc3c2cc(-c2ccc(CN4CCOCC4)cc2)n3S(=O)(=O)c2ccccc2)ccc1OC1CCOCC1.N#Cc1cc(-c2ccnc3c2cc(I)n3S(=O)(=O)c2ccccc2)ccc1OC1CCOCC1. The van der Waals surface area contributed by atoms with Gasteiger partial charge in [-0.05, 0) is 220 Å². The Bertz CT molecular complexity index is 6900. The van der Waals surface area contributed by atoms with Crippen LogP contribution in [-0.2, 0) is 83.8 Å². The summed E-state index contributed by atoms with van der Waals surface area (Å²) in [6, 6.07) is 75.4. The molecule has 139 heavy (non-hydrogen) atoms. The van der Waals surface area contributed by atoms with Gasteiger partial charge < -0.3 is 51.9 Å². The average molecular weight is 2020 g/mol. The standard InChI is InChI=1S/C36H34N4O5S.C31H31N3O3.C25H20IN3O4S.C17H26BNO3/c37-24-29-22-28(10-11-35(29)45-30-13-18-43-19-14-30)32-12-15-38-36-33(32)23-34(40(36)46(41,42)31-4-2-1-3-5-31)27-8-6-26(7-9-27)25-39-16-20-44-21-17-39;32-20-26-17-24(5-6-31(26)37-27-8-13-35-14-9-27)28-7-10-33-30-19-25(18-29(28)30)23-3-1-22(2-4-23)21-34-11-15-36-16-12-34;26-24-15-22-21(8-11-28-25(22)29(24)34(30,31)20-4-2-1-3-5-20)17-6-7-23(18(14-17)16-27)33-19-9-12-32-13-10-19;1-16(2)17(3,4)22-18(21-16)15-7-5-14(6-8-15)13-19-9-11-20-12-10-19/h1-12,15,22-23,30H,13-14,16-21,25H2;1-7,10,17-18,27H,8-9,11-16,19,21H2;1-8,11,14-15,19H,9-10,12-13H2;5-8H,9-13H2,1-4H3. The maximum Gasteiger partial charge on any atom is 0.494 e. The van der Waals surface area contributed by atoms with Crippen LogP contribution in [0.3, 0.4) is 0 Å². The molecule has 0 N–H and O–H groups in total. The summed E-state index contributed by atoms with van der Waals surface area (Å²) in [4.78, 5) is 21.3. The Morgan fingerprint density at radius 3 is 1.17 bits per heavy atom. The van der Waals surface area contributed by atoms with Crippen LogP contribution >= 0.6 is 22.6 Å². The van der Waals surface area contributed by atoms with Crippen LogP contribution in [0.2, 0.25) is 0 Å². The second kappa shape index (κ2) is 44.3. The highest BCUT2D eigenvalue weighted by Gasteiger charge is 2.52. The Balaban J connectivity index is 0.000000126. The van der Waals surface area contributed by atoms with Gasteiger partial charge >= 0.3 is 7.12 Å². The number of nitrogens with zero attached hydrogens (tertiary/aromatic N) is 11. The molecule has 8 aromatic carbocycles.